The highest BCUT2D eigenvalue weighted by Gasteiger charge is 2.20. The molecule has 0 bridgehead atoms. The van der Waals surface area contributed by atoms with Gasteiger partial charge in [0.05, 0.1) is 19.8 Å². The van der Waals surface area contributed by atoms with Crippen LogP contribution in [0.15, 0.2) is 12.2 Å². The van der Waals surface area contributed by atoms with Crippen molar-refractivity contribution in [2.24, 2.45) is 0 Å². The molecule has 0 aromatic carbocycles. The van der Waals surface area contributed by atoms with E-state index in [1.807, 2.05) is 0 Å². The van der Waals surface area contributed by atoms with Gasteiger partial charge in [-0.15, -0.1) is 0 Å². The van der Waals surface area contributed by atoms with Crippen LogP contribution in [-0.4, -0.2) is 71.2 Å². The minimum atomic E-state index is -0.548. The molecule has 1 rings (SSSR count). The molecule has 0 aromatic rings. The molecule has 1 heterocycles. The van der Waals surface area contributed by atoms with Gasteiger partial charge < -0.3 is 19.1 Å². The van der Waals surface area contributed by atoms with Crippen molar-refractivity contribution in [3.05, 3.63) is 12.2 Å². The number of rotatable bonds is 13. The summed E-state index contributed by atoms with van der Waals surface area (Å²) in [7, 11) is -0.548. The van der Waals surface area contributed by atoms with Crippen molar-refractivity contribution >= 4 is 20.7 Å². The third-order valence-corrected chi connectivity index (χ3v) is 5.54. The van der Waals surface area contributed by atoms with Crippen LogP contribution in [0, 0.1) is 0 Å². The van der Waals surface area contributed by atoms with Gasteiger partial charge in [0, 0.05) is 40.5 Å². The minimum Gasteiger partial charge on any atom is -0.454 e. The van der Waals surface area contributed by atoms with Crippen LogP contribution in [0.2, 0.25) is 19.1 Å². The Morgan fingerprint density at radius 2 is 1.96 bits per heavy atom. The number of hydrogen-bond acceptors (Lipinski definition) is 5. The number of ether oxygens (including phenoxy) is 3. The fraction of sp³-hybridized carbons (Fsp3) is 0.778. The number of esters is 1. The number of likely N-dealkylation sites (tertiary alicyclic amines) is 1. The number of carbonyl (C=O) groups excluding carboxylic acids is 2. The summed E-state index contributed by atoms with van der Waals surface area (Å²) in [4.78, 5) is 25.1. The molecule has 1 saturated heterocycles. The highest BCUT2D eigenvalue weighted by Crippen LogP contribution is 2.09. The van der Waals surface area contributed by atoms with Gasteiger partial charge in [-0.1, -0.05) is 25.7 Å². The summed E-state index contributed by atoms with van der Waals surface area (Å²) in [6.07, 6.45) is 2.15. The van der Waals surface area contributed by atoms with Crippen molar-refractivity contribution in [1.82, 2.24) is 4.90 Å². The lowest BCUT2D eigenvalue weighted by Gasteiger charge is -2.20. The molecule has 1 unspecified atom stereocenters. The van der Waals surface area contributed by atoms with E-state index in [2.05, 4.69) is 19.7 Å². The molecule has 25 heavy (non-hydrogen) atoms. The molecule has 1 aliphatic heterocycles. The fourth-order valence-corrected chi connectivity index (χ4v) is 3.49. The first kappa shape index (κ1) is 21.9. The van der Waals surface area contributed by atoms with Crippen molar-refractivity contribution < 1.29 is 23.8 Å². The second kappa shape index (κ2) is 12.2. The van der Waals surface area contributed by atoms with E-state index in [0.717, 1.165) is 19.4 Å². The lowest BCUT2D eigenvalue weighted by Crippen LogP contribution is -2.32. The third kappa shape index (κ3) is 9.77. The lowest BCUT2D eigenvalue weighted by atomic mass is 10.3. The van der Waals surface area contributed by atoms with Crippen LogP contribution in [0.4, 0.5) is 0 Å². The van der Waals surface area contributed by atoms with Gasteiger partial charge in [-0.05, 0) is 19.8 Å². The first-order valence-electron chi connectivity index (χ1n) is 9.20. The summed E-state index contributed by atoms with van der Waals surface area (Å²) in [6, 6.07) is 1.25. The van der Waals surface area contributed by atoms with E-state index in [-0.39, 0.29) is 12.5 Å². The molecule has 0 saturated carbocycles. The molecule has 0 spiro atoms. The molecule has 0 aliphatic carbocycles. The fourth-order valence-electron chi connectivity index (χ4n) is 2.51. The first-order chi connectivity index (χ1) is 11.9. The summed E-state index contributed by atoms with van der Waals surface area (Å²) < 4.78 is 16.6. The van der Waals surface area contributed by atoms with Gasteiger partial charge in [0.1, 0.15) is 6.10 Å². The molecular weight excluding hydrogens is 338 g/mol. The topological polar surface area (TPSA) is 65.1 Å². The zero-order valence-corrected chi connectivity index (χ0v) is 17.1. The molecule has 0 radical (unpaired) electrons. The molecule has 6 nitrogen and oxygen atoms in total. The first-order valence-corrected chi connectivity index (χ1v) is 12.3. The molecule has 1 fully saturated rings. The maximum absolute atomic E-state index is 11.7. The van der Waals surface area contributed by atoms with Crippen LogP contribution in [0.1, 0.15) is 26.2 Å². The Morgan fingerprint density at radius 3 is 2.52 bits per heavy atom. The molecule has 1 amide bonds. The van der Waals surface area contributed by atoms with Crippen LogP contribution >= 0.6 is 0 Å². The lowest BCUT2D eigenvalue weighted by molar-refractivity contribution is -0.151. The van der Waals surface area contributed by atoms with Crippen LogP contribution in [-0.2, 0) is 23.8 Å². The average Bonchev–Trinajstić information content (AvgIpc) is 2.95. The van der Waals surface area contributed by atoms with Gasteiger partial charge >= 0.3 is 5.97 Å². The zero-order chi connectivity index (χ0) is 18.7. The number of hydrogen-bond donors (Lipinski definition) is 0. The normalized spacial score (nSPS) is 15.7. The van der Waals surface area contributed by atoms with Gasteiger partial charge in [0.25, 0.3) is 0 Å². The Hall–Kier alpha value is -1.18. The average molecular weight is 372 g/mol. The number of carbonyl (C=O) groups is 2. The molecule has 1 atom stereocenters. The van der Waals surface area contributed by atoms with Gasteiger partial charge in [-0.25, -0.2) is 4.79 Å². The summed E-state index contributed by atoms with van der Waals surface area (Å²) in [5, 5.41) is 0. The standard InChI is InChI=1S/C18H33NO5Si/c1-15(2)18(21)24-16(13-22-10-6-12-25(3)4)14-23-11-9-19-8-5-7-17(19)20/h16,25H,1,5-14H2,2-4H3. The Kier molecular flexibility index (Phi) is 10.7. The molecule has 0 aromatic heterocycles. The Morgan fingerprint density at radius 1 is 1.28 bits per heavy atom. The van der Waals surface area contributed by atoms with E-state index in [1.54, 1.807) is 11.8 Å². The van der Waals surface area contributed by atoms with Crippen LogP contribution in [0.3, 0.4) is 0 Å². The van der Waals surface area contributed by atoms with Gasteiger partial charge in [-0.2, -0.15) is 0 Å². The van der Waals surface area contributed by atoms with Crippen molar-refractivity contribution in [1.29, 1.82) is 0 Å². The van der Waals surface area contributed by atoms with E-state index < -0.39 is 20.9 Å². The van der Waals surface area contributed by atoms with Crippen molar-refractivity contribution in [2.75, 3.05) is 39.5 Å². The predicted octanol–water partition coefficient (Wildman–Crippen LogP) is 2.01. The predicted molar refractivity (Wildman–Crippen MR) is 100 cm³/mol. The van der Waals surface area contributed by atoms with Gasteiger partial charge in [0.2, 0.25) is 5.91 Å². The van der Waals surface area contributed by atoms with Gasteiger partial charge in [0.15, 0.2) is 0 Å². The van der Waals surface area contributed by atoms with E-state index in [4.69, 9.17) is 14.2 Å². The Labute approximate surface area is 153 Å². The largest absolute Gasteiger partial charge is 0.454 e. The van der Waals surface area contributed by atoms with Crippen molar-refractivity contribution in [3.63, 3.8) is 0 Å². The Bertz CT molecular complexity index is 441. The third-order valence-electron chi connectivity index (χ3n) is 3.98. The second-order valence-electron chi connectivity index (χ2n) is 6.98. The van der Waals surface area contributed by atoms with Crippen LogP contribution < -0.4 is 0 Å². The van der Waals surface area contributed by atoms with E-state index >= 15 is 0 Å². The summed E-state index contributed by atoms with van der Waals surface area (Å²) in [5.41, 5.74) is 0.360. The number of amides is 1. The van der Waals surface area contributed by atoms with Gasteiger partial charge in [-0.3, -0.25) is 4.79 Å². The monoisotopic (exact) mass is 371 g/mol. The Balaban J connectivity index is 2.27. The molecule has 1 aliphatic rings. The van der Waals surface area contributed by atoms with Crippen LogP contribution in [0.5, 0.6) is 0 Å². The zero-order valence-electron chi connectivity index (χ0n) is 15.9. The maximum Gasteiger partial charge on any atom is 0.333 e. The highest BCUT2D eigenvalue weighted by molar-refractivity contribution is 6.55. The summed E-state index contributed by atoms with van der Waals surface area (Å²) >= 11 is 0. The smallest absolute Gasteiger partial charge is 0.333 e. The summed E-state index contributed by atoms with van der Waals surface area (Å²) in [6.45, 7) is 12.9. The van der Waals surface area contributed by atoms with Crippen molar-refractivity contribution in [2.45, 2.75) is 51.4 Å². The van der Waals surface area contributed by atoms with E-state index in [9.17, 15) is 9.59 Å². The van der Waals surface area contributed by atoms with Crippen molar-refractivity contribution in [3.8, 4) is 0 Å². The summed E-state index contributed by atoms with van der Waals surface area (Å²) in [5.74, 6) is -0.243. The highest BCUT2D eigenvalue weighted by atomic mass is 28.3. The SMILES string of the molecule is C=C(C)C(=O)OC(COCCC[SiH](C)C)COCCN1CCCC1=O. The van der Waals surface area contributed by atoms with E-state index in [1.165, 1.54) is 6.04 Å². The van der Waals surface area contributed by atoms with E-state index in [0.29, 0.717) is 38.4 Å². The minimum absolute atomic E-state index is 0.186. The quantitative estimate of drug-likeness (QED) is 0.214. The maximum atomic E-state index is 11.7. The molecule has 144 valence electrons. The second-order valence-corrected chi connectivity index (χ2v) is 10.3. The van der Waals surface area contributed by atoms with Crippen LogP contribution in [0.25, 0.3) is 0 Å². The molecule has 7 heteroatoms. The number of nitrogens with zero attached hydrogens (tertiary/aromatic N) is 1. The molecular formula is C18H33NO5Si. The molecule has 0 N–H and O–H groups in total.